The Morgan fingerprint density at radius 2 is 1.93 bits per heavy atom. The van der Waals surface area contributed by atoms with Gasteiger partial charge in [-0.05, 0) is 31.2 Å². The topological polar surface area (TPSA) is 117 Å². The van der Waals surface area contributed by atoms with Gasteiger partial charge in [0, 0.05) is 44.0 Å². The summed E-state index contributed by atoms with van der Waals surface area (Å²) >= 11 is 1.33. The SMILES string of the molecule is CCNc1nc(-c2ccc(N)cc2)sc1C(=O)NCCN1CCS(=O)(=O)CC1. The monoisotopic (exact) mass is 423 g/mol. The maximum atomic E-state index is 12.7. The van der Waals surface area contributed by atoms with Gasteiger partial charge in [0.1, 0.15) is 9.88 Å². The van der Waals surface area contributed by atoms with Crippen LogP contribution in [0.5, 0.6) is 0 Å². The third-order valence-electron chi connectivity index (χ3n) is 4.49. The van der Waals surface area contributed by atoms with Crippen molar-refractivity contribution in [2.24, 2.45) is 0 Å². The average molecular weight is 424 g/mol. The number of nitrogens with two attached hydrogens (primary N) is 1. The summed E-state index contributed by atoms with van der Waals surface area (Å²) in [5.74, 6) is 0.761. The number of anilines is 2. The van der Waals surface area contributed by atoms with Crippen LogP contribution in [0.3, 0.4) is 0 Å². The fraction of sp³-hybridized carbons (Fsp3) is 0.444. The fourth-order valence-corrected chi connectivity index (χ4v) is 5.13. The molecule has 1 aromatic carbocycles. The number of nitrogens with one attached hydrogen (secondary N) is 2. The number of hydrogen-bond donors (Lipinski definition) is 3. The molecule has 2 aromatic rings. The smallest absolute Gasteiger partial charge is 0.265 e. The fourth-order valence-electron chi connectivity index (χ4n) is 2.89. The Balaban J connectivity index is 1.63. The van der Waals surface area contributed by atoms with Crippen LogP contribution in [-0.2, 0) is 9.84 Å². The Morgan fingerprint density at radius 3 is 2.57 bits per heavy atom. The second-order valence-electron chi connectivity index (χ2n) is 6.60. The molecule has 0 spiro atoms. The largest absolute Gasteiger partial charge is 0.399 e. The molecule has 1 fully saturated rings. The maximum absolute atomic E-state index is 12.7. The molecule has 4 N–H and O–H groups in total. The maximum Gasteiger partial charge on any atom is 0.265 e. The summed E-state index contributed by atoms with van der Waals surface area (Å²) in [5, 5.41) is 6.82. The van der Waals surface area contributed by atoms with E-state index in [-0.39, 0.29) is 17.4 Å². The van der Waals surface area contributed by atoms with Gasteiger partial charge in [-0.15, -0.1) is 11.3 Å². The zero-order valence-electron chi connectivity index (χ0n) is 15.8. The first-order valence-corrected chi connectivity index (χ1v) is 11.8. The summed E-state index contributed by atoms with van der Waals surface area (Å²) in [6.07, 6.45) is 0. The lowest BCUT2D eigenvalue weighted by Crippen LogP contribution is -2.43. The lowest BCUT2D eigenvalue weighted by molar-refractivity contribution is 0.0953. The lowest BCUT2D eigenvalue weighted by atomic mass is 10.2. The molecule has 1 amide bonds. The van der Waals surface area contributed by atoms with Crippen LogP contribution in [-0.4, -0.2) is 68.4 Å². The summed E-state index contributed by atoms with van der Waals surface area (Å²) in [7, 11) is -2.89. The summed E-state index contributed by atoms with van der Waals surface area (Å²) < 4.78 is 23.0. The number of thiazole rings is 1. The zero-order valence-corrected chi connectivity index (χ0v) is 17.4. The Labute approximate surface area is 169 Å². The van der Waals surface area contributed by atoms with Crippen LogP contribution < -0.4 is 16.4 Å². The van der Waals surface area contributed by atoms with Crippen molar-refractivity contribution in [3.63, 3.8) is 0 Å². The van der Waals surface area contributed by atoms with Gasteiger partial charge in [0.15, 0.2) is 15.7 Å². The first-order valence-electron chi connectivity index (χ1n) is 9.19. The van der Waals surface area contributed by atoms with Crippen molar-refractivity contribution < 1.29 is 13.2 Å². The predicted octanol–water partition coefficient (Wildman–Crippen LogP) is 1.28. The van der Waals surface area contributed by atoms with E-state index in [0.717, 1.165) is 10.6 Å². The first-order chi connectivity index (χ1) is 13.4. The standard InChI is InChI=1S/C18H25N5O3S2/c1-2-20-16-15(27-18(22-16)13-3-5-14(19)6-4-13)17(24)21-7-8-23-9-11-28(25,26)12-10-23/h3-6,20H,2,7-12,19H2,1H3,(H,21,24). The average Bonchev–Trinajstić information content (AvgIpc) is 3.08. The van der Waals surface area contributed by atoms with Crippen LogP contribution in [0.1, 0.15) is 16.6 Å². The molecule has 2 heterocycles. The number of carbonyl (C=O) groups is 1. The molecule has 3 rings (SSSR count). The molecule has 0 unspecified atom stereocenters. The van der Waals surface area contributed by atoms with Gasteiger partial charge in [-0.25, -0.2) is 13.4 Å². The Bertz CT molecular complexity index is 911. The minimum atomic E-state index is -2.89. The Morgan fingerprint density at radius 1 is 1.25 bits per heavy atom. The second kappa shape index (κ2) is 8.89. The predicted molar refractivity (Wildman–Crippen MR) is 114 cm³/mol. The van der Waals surface area contributed by atoms with Crippen molar-refractivity contribution in [3.8, 4) is 10.6 Å². The minimum Gasteiger partial charge on any atom is -0.399 e. The van der Waals surface area contributed by atoms with Crippen LogP contribution in [0, 0.1) is 0 Å². The molecule has 0 radical (unpaired) electrons. The second-order valence-corrected chi connectivity index (χ2v) is 9.90. The zero-order chi connectivity index (χ0) is 20.1. The lowest BCUT2D eigenvalue weighted by Gasteiger charge is -2.26. The quantitative estimate of drug-likeness (QED) is 0.574. The normalized spacial score (nSPS) is 16.6. The van der Waals surface area contributed by atoms with Gasteiger partial charge in [0.05, 0.1) is 11.5 Å². The molecule has 0 bridgehead atoms. The molecule has 0 aliphatic carbocycles. The summed E-state index contributed by atoms with van der Waals surface area (Å²) in [6, 6.07) is 7.39. The van der Waals surface area contributed by atoms with Crippen LogP contribution in [0.2, 0.25) is 0 Å². The van der Waals surface area contributed by atoms with E-state index in [0.29, 0.717) is 49.1 Å². The van der Waals surface area contributed by atoms with E-state index in [9.17, 15) is 13.2 Å². The number of nitrogen functional groups attached to an aromatic ring is 1. The first kappa shape index (κ1) is 20.6. The molecule has 1 aliphatic heterocycles. The van der Waals surface area contributed by atoms with E-state index in [2.05, 4.69) is 20.5 Å². The molecule has 1 aliphatic rings. The van der Waals surface area contributed by atoms with Crippen molar-refractivity contribution in [1.29, 1.82) is 0 Å². The number of hydrogen-bond acceptors (Lipinski definition) is 8. The summed E-state index contributed by atoms with van der Waals surface area (Å²) in [6.45, 7) is 4.73. The van der Waals surface area contributed by atoms with E-state index >= 15 is 0 Å². The van der Waals surface area contributed by atoms with E-state index in [4.69, 9.17) is 5.73 Å². The van der Waals surface area contributed by atoms with E-state index in [1.807, 2.05) is 31.2 Å². The summed E-state index contributed by atoms with van der Waals surface area (Å²) in [4.78, 5) is 19.8. The van der Waals surface area contributed by atoms with Crippen molar-refractivity contribution >= 4 is 38.6 Å². The van der Waals surface area contributed by atoms with Gasteiger partial charge in [0.25, 0.3) is 5.91 Å². The number of amides is 1. The number of nitrogens with zero attached hydrogens (tertiary/aromatic N) is 2. The Hall–Kier alpha value is -2.17. The van der Waals surface area contributed by atoms with Gasteiger partial charge in [0.2, 0.25) is 0 Å². The van der Waals surface area contributed by atoms with E-state index in [1.165, 1.54) is 11.3 Å². The molecule has 152 valence electrons. The molecule has 28 heavy (non-hydrogen) atoms. The van der Waals surface area contributed by atoms with Crippen molar-refractivity contribution in [2.45, 2.75) is 6.92 Å². The minimum absolute atomic E-state index is 0.181. The van der Waals surface area contributed by atoms with E-state index < -0.39 is 9.84 Å². The number of aromatic nitrogens is 1. The number of rotatable bonds is 7. The number of carbonyl (C=O) groups excluding carboxylic acids is 1. The molecule has 1 aromatic heterocycles. The van der Waals surface area contributed by atoms with Crippen LogP contribution >= 0.6 is 11.3 Å². The molecular formula is C18H25N5O3S2. The molecular weight excluding hydrogens is 398 g/mol. The van der Waals surface area contributed by atoms with E-state index in [1.54, 1.807) is 0 Å². The molecule has 0 saturated carbocycles. The van der Waals surface area contributed by atoms with Gasteiger partial charge in [-0.3, -0.25) is 9.69 Å². The summed E-state index contributed by atoms with van der Waals surface area (Å²) in [5.41, 5.74) is 7.32. The highest BCUT2D eigenvalue weighted by molar-refractivity contribution is 7.91. The van der Waals surface area contributed by atoms with Gasteiger partial charge < -0.3 is 16.4 Å². The van der Waals surface area contributed by atoms with Crippen LogP contribution in [0.25, 0.3) is 10.6 Å². The van der Waals surface area contributed by atoms with Crippen molar-refractivity contribution in [1.82, 2.24) is 15.2 Å². The van der Waals surface area contributed by atoms with Crippen LogP contribution in [0.15, 0.2) is 24.3 Å². The number of sulfone groups is 1. The highest BCUT2D eigenvalue weighted by atomic mass is 32.2. The van der Waals surface area contributed by atoms with Gasteiger partial charge in [-0.2, -0.15) is 0 Å². The van der Waals surface area contributed by atoms with Crippen molar-refractivity contribution in [2.75, 3.05) is 55.3 Å². The van der Waals surface area contributed by atoms with Crippen molar-refractivity contribution in [3.05, 3.63) is 29.1 Å². The Kier molecular flexibility index (Phi) is 6.53. The third-order valence-corrected chi connectivity index (χ3v) is 7.20. The van der Waals surface area contributed by atoms with Gasteiger partial charge in [-0.1, -0.05) is 0 Å². The third kappa shape index (κ3) is 5.21. The molecule has 10 heteroatoms. The highest BCUT2D eigenvalue weighted by Crippen LogP contribution is 2.31. The van der Waals surface area contributed by atoms with Gasteiger partial charge >= 0.3 is 0 Å². The molecule has 0 atom stereocenters. The highest BCUT2D eigenvalue weighted by Gasteiger charge is 2.22. The van der Waals surface area contributed by atoms with Crippen LogP contribution in [0.4, 0.5) is 11.5 Å². The number of benzene rings is 1. The molecule has 8 nitrogen and oxygen atoms in total. The molecule has 1 saturated heterocycles.